The van der Waals surface area contributed by atoms with Gasteiger partial charge < -0.3 is 9.80 Å². The molecule has 0 aliphatic carbocycles. The number of rotatable bonds is 3. The number of hydrogen-bond donors (Lipinski definition) is 1. The lowest BCUT2D eigenvalue weighted by Crippen LogP contribution is -2.59. The molecule has 7 nitrogen and oxygen atoms in total. The summed E-state index contributed by atoms with van der Waals surface area (Å²) in [5.41, 5.74) is 2.80. The van der Waals surface area contributed by atoms with E-state index in [-0.39, 0.29) is 17.0 Å². The van der Waals surface area contributed by atoms with Gasteiger partial charge in [0.1, 0.15) is 12.0 Å². The highest BCUT2D eigenvalue weighted by atomic mass is 19.1. The Morgan fingerprint density at radius 3 is 2.93 bits per heavy atom. The summed E-state index contributed by atoms with van der Waals surface area (Å²) in [5.74, 6) is -0.145. The van der Waals surface area contributed by atoms with Crippen LogP contribution in [0.1, 0.15) is 12.0 Å². The molecule has 29 heavy (non-hydrogen) atoms. The predicted octanol–water partition coefficient (Wildman–Crippen LogP) is 2.69. The first-order chi connectivity index (χ1) is 14.0. The van der Waals surface area contributed by atoms with Gasteiger partial charge in [-0.05, 0) is 31.1 Å². The lowest BCUT2D eigenvalue weighted by molar-refractivity contribution is -0.136. The van der Waals surface area contributed by atoms with Crippen LogP contribution in [0.4, 0.5) is 10.2 Å². The Morgan fingerprint density at radius 2 is 2.14 bits per heavy atom. The Morgan fingerprint density at radius 1 is 1.31 bits per heavy atom. The van der Waals surface area contributed by atoms with Crippen molar-refractivity contribution in [1.82, 2.24) is 25.1 Å². The number of nitrogens with one attached hydrogen (secondary N) is 1. The maximum atomic E-state index is 15.6. The number of aryl methyl sites for hydroxylation is 1. The molecule has 2 aliphatic heterocycles. The number of amides is 1. The van der Waals surface area contributed by atoms with Gasteiger partial charge in [-0.1, -0.05) is 12.6 Å². The van der Waals surface area contributed by atoms with Crippen molar-refractivity contribution in [3.63, 3.8) is 0 Å². The van der Waals surface area contributed by atoms with Gasteiger partial charge in [0.2, 0.25) is 5.91 Å². The van der Waals surface area contributed by atoms with Crippen molar-refractivity contribution in [3.05, 3.63) is 48.7 Å². The summed E-state index contributed by atoms with van der Waals surface area (Å²) >= 11 is 0. The van der Waals surface area contributed by atoms with Gasteiger partial charge >= 0.3 is 0 Å². The monoisotopic (exact) mass is 392 g/mol. The van der Waals surface area contributed by atoms with E-state index in [4.69, 9.17) is 0 Å². The van der Waals surface area contributed by atoms with Gasteiger partial charge in [0, 0.05) is 42.5 Å². The smallest absolute Gasteiger partial charge is 0.245 e. The maximum Gasteiger partial charge on any atom is 0.245 e. The minimum absolute atomic E-state index is 0.0106. The third kappa shape index (κ3) is 2.70. The largest absolute Gasteiger partial charge is 0.353 e. The second-order valence-electron chi connectivity index (χ2n) is 8.02. The number of halogens is 1. The van der Waals surface area contributed by atoms with E-state index in [2.05, 4.69) is 26.7 Å². The molecule has 0 atom stereocenters. The minimum Gasteiger partial charge on any atom is -0.353 e. The van der Waals surface area contributed by atoms with Gasteiger partial charge in [-0.15, -0.1) is 0 Å². The minimum atomic E-state index is -0.417. The fourth-order valence-electron chi connectivity index (χ4n) is 4.62. The van der Waals surface area contributed by atoms with Crippen molar-refractivity contribution >= 4 is 22.6 Å². The van der Waals surface area contributed by atoms with E-state index >= 15 is 4.39 Å². The second-order valence-corrected chi connectivity index (χ2v) is 8.02. The Bertz CT molecular complexity index is 1130. The third-order valence-electron chi connectivity index (χ3n) is 6.12. The molecule has 1 N–H and O–H groups in total. The van der Waals surface area contributed by atoms with E-state index in [1.807, 2.05) is 24.0 Å². The van der Waals surface area contributed by atoms with Gasteiger partial charge in [0.15, 0.2) is 11.6 Å². The summed E-state index contributed by atoms with van der Waals surface area (Å²) in [7, 11) is 0. The average Bonchev–Trinajstić information content (AvgIpc) is 3.34. The fourth-order valence-corrected chi connectivity index (χ4v) is 4.62. The third-order valence-corrected chi connectivity index (χ3v) is 6.12. The molecule has 1 spiro atoms. The molecule has 0 bridgehead atoms. The van der Waals surface area contributed by atoms with Crippen molar-refractivity contribution in [2.45, 2.75) is 13.3 Å². The summed E-state index contributed by atoms with van der Waals surface area (Å²) in [5, 5.41) is 7.85. The molecular formula is C21H21FN6O. The first-order valence-electron chi connectivity index (χ1n) is 9.61. The molecule has 0 unspecified atom stereocenters. The standard InChI is InChI=1S/C21H21FN6O/c1-3-16(29)28-10-21(11-28)6-7-27(9-21)20-18(22)19(23-12-24-20)17-13(2)4-5-15-14(17)8-25-26-15/h3-5,8,12H,1,6-7,9-11H2,2H3,(H,25,26). The summed E-state index contributed by atoms with van der Waals surface area (Å²) in [6.07, 6.45) is 5.37. The van der Waals surface area contributed by atoms with Crippen molar-refractivity contribution in [3.8, 4) is 11.3 Å². The number of fused-ring (bicyclic) bond motifs is 1. The Balaban J connectivity index is 1.47. The van der Waals surface area contributed by atoms with E-state index in [1.54, 1.807) is 11.1 Å². The number of hydrogen-bond acceptors (Lipinski definition) is 5. The van der Waals surface area contributed by atoms with Crippen molar-refractivity contribution in [2.24, 2.45) is 5.41 Å². The molecule has 2 aromatic heterocycles. The molecule has 5 rings (SSSR count). The number of likely N-dealkylation sites (tertiary alicyclic amines) is 1. The van der Waals surface area contributed by atoms with Gasteiger partial charge in [0.05, 0.1) is 11.7 Å². The average molecular weight is 392 g/mol. The molecule has 4 heterocycles. The molecule has 2 saturated heterocycles. The van der Waals surface area contributed by atoms with Crippen LogP contribution in [0.5, 0.6) is 0 Å². The van der Waals surface area contributed by atoms with E-state index in [0.717, 1.165) is 28.5 Å². The summed E-state index contributed by atoms with van der Waals surface area (Å²) in [4.78, 5) is 24.0. The van der Waals surface area contributed by atoms with Gasteiger partial charge in [-0.3, -0.25) is 9.89 Å². The van der Waals surface area contributed by atoms with Gasteiger partial charge in [0.25, 0.3) is 0 Å². The molecule has 1 aromatic carbocycles. The van der Waals surface area contributed by atoms with Crippen LogP contribution in [-0.4, -0.2) is 57.2 Å². The number of carbonyl (C=O) groups excluding carboxylic acids is 1. The normalized spacial score (nSPS) is 17.7. The van der Waals surface area contributed by atoms with Crippen LogP contribution in [0.15, 0.2) is 37.3 Å². The molecule has 8 heteroatoms. The highest BCUT2D eigenvalue weighted by Crippen LogP contribution is 2.42. The highest BCUT2D eigenvalue weighted by Gasteiger charge is 2.49. The number of aromatic nitrogens is 4. The first-order valence-corrected chi connectivity index (χ1v) is 9.61. The summed E-state index contributed by atoms with van der Waals surface area (Å²) in [6.45, 7) is 8.23. The van der Waals surface area contributed by atoms with Crippen molar-refractivity contribution < 1.29 is 9.18 Å². The van der Waals surface area contributed by atoms with E-state index in [0.29, 0.717) is 32.0 Å². The van der Waals surface area contributed by atoms with Crippen molar-refractivity contribution in [2.75, 3.05) is 31.1 Å². The molecule has 0 radical (unpaired) electrons. The zero-order chi connectivity index (χ0) is 20.2. The number of nitrogens with zero attached hydrogens (tertiary/aromatic N) is 5. The lowest BCUT2D eigenvalue weighted by Gasteiger charge is -2.47. The van der Waals surface area contributed by atoms with Crippen LogP contribution in [0.3, 0.4) is 0 Å². The van der Waals surface area contributed by atoms with Crippen LogP contribution in [0.25, 0.3) is 22.2 Å². The van der Waals surface area contributed by atoms with Crippen LogP contribution in [-0.2, 0) is 4.79 Å². The number of aromatic amines is 1. The van der Waals surface area contributed by atoms with Gasteiger partial charge in [-0.25, -0.2) is 14.4 Å². The molecule has 148 valence electrons. The highest BCUT2D eigenvalue weighted by molar-refractivity contribution is 5.95. The quantitative estimate of drug-likeness (QED) is 0.694. The van der Waals surface area contributed by atoms with Crippen LogP contribution in [0, 0.1) is 18.2 Å². The molecule has 2 fully saturated rings. The Kier molecular flexibility index (Phi) is 3.90. The predicted molar refractivity (Wildman–Crippen MR) is 108 cm³/mol. The first kappa shape index (κ1) is 17.8. The van der Waals surface area contributed by atoms with Crippen LogP contribution < -0.4 is 4.90 Å². The van der Waals surface area contributed by atoms with Crippen LogP contribution in [0.2, 0.25) is 0 Å². The molecule has 0 saturated carbocycles. The molecule has 2 aliphatic rings. The molecular weight excluding hydrogens is 371 g/mol. The summed E-state index contributed by atoms with van der Waals surface area (Å²) in [6, 6.07) is 3.86. The SMILES string of the molecule is C=CC(=O)N1CC2(CCN(c3ncnc(-c4c(C)ccc5[nH]ncc45)c3F)C2)C1. The lowest BCUT2D eigenvalue weighted by atomic mass is 9.79. The van der Waals surface area contributed by atoms with E-state index in [9.17, 15) is 4.79 Å². The van der Waals surface area contributed by atoms with Gasteiger partial charge in [-0.2, -0.15) is 5.10 Å². The van der Waals surface area contributed by atoms with E-state index in [1.165, 1.54) is 12.4 Å². The Hall–Kier alpha value is -3.29. The summed E-state index contributed by atoms with van der Waals surface area (Å²) < 4.78 is 15.6. The number of H-pyrrole nitrogens is 1. The Labute approximate surface area is 167 Å². The number of carbonyl (C=O) groups is 1. The van der Waals surface area contributed by atoms with E-state index < -0.39 is 5.82 Å². The molecule has 1 amide bonds. The zero-order valence-corrected chi connectivity index (χ0v) is 16.2. The topological polar surface area (TPSA) is 78.0 Å². The molecule has 3 aromatic rings. The van der Waals surface area contributed by atoms with Crippen LogP contribution >= 0.6 is 0 Å². The number of anilines is 1. The fraction of sp³-hybridized carbons (Fsp3) is 0.333. The second kappa shape index (κ2) is 6.37. The van der Waals surface area contributed by atoms with Crippen molar-refractivity contribution in [1.29, 1.82) is 0 Å². The number of benzene rings is 1. The maximum absolute atomic E-state index is 15.6. The zero-order valence-electron chi connectivity index (χ0n) is 16.2.